The van der Waals surface area contributed by atoms with Gasteiger partial charge in [0.05, 0.1) is 29.8 Å². The van der Waals surface area contributed by atoms with Gasteiger partial charge in [-0.3, -0.25) is 9.78 Å². The summed E-state index contributed by atoms with van der Waals surface area (Å²) in [6.07, 6.45) is -8.47. The van der Waals surface area contributed by atoms with Crippen molar-refractivity contribution in [1.82, 2.24) is 4.98 Å². The van der Waals surface area contributed by atoms with Crippen molar-refractivity contribution in [3.63, 3.8) is 0 Å². The van der Waals surface area contributed by atoms with E-state index < -0.39 is 53.9 Å². The van der Waals surface area contributed by atoms with Gasteiger partial charge in [0, 0.05) is 12.7 Å². The zero-order chi connectivity index (χ0) is 16.2. The molecule has 0 aliphatic heterocycles. The molecular weight excluding hydrogens is 299 g/mol. The van der Waals surface area contributed by atoms with Gasteiger partial charge in [0.2, 0.25) is 0 Å². The van der Waals surface area contributed by atoms with Crippen LogP contribution in [-0.2, 0) is 28.7 Å². The van der Waals surface area contributed by atoms with Gasteiger partial charge in [-0.05, 0) is 12.5 Å². The highest BCUT2D eigenvalue weighted by Gasteiger charge is 2.40. The Labute approximate surface area is 117 Å². The highest BCUT2D eigenvalue weighted by molar-refractivity contribution is 5.72. The minimum atomic E-state index is -5.02. The third-order valence-corrected chi connectivity index (χ3v) is 2.62. The fraction of sp³-hybridized carbons (Fsp3) is 0.500. The maximum atomic E-state index is 13.0. The average molecular weight is 312 g/mol. The van der Waals surface area contributed by atoms with Crippen LogP contribution in [0.25, 0.3) is 0 Å². The molecule has 0 spiro atoms. The Bertz CT molecular complexity index is 517. The van der Waals surface area contributed by atoms with E-state index in [1.165, 1.54) is 6.92 Å². The van der Waals surface area contributed by atoms with Crippen LogP contribution >= 0.6 is 0 Å². The molecule has 21 heavy (non-hydrogen) atoms. The summed E-state index contributed by atoms with van der Waals surface area (Å²) >= 11 is 0. The van der Waals surface area contributed by atoms with Crippen LogP contribution in [0.5, 0.6) is 0 Å². The molecule has 0 amide bonds. The highest BCUT2D eigenvalue weighted by Crippen LogP contribution is 2.39. The van der Waals surface area contributed by atoms with E-state index in [9.17, 15) is 26.7 Å². The summed E-state index contributed by atoms with van der Waals surface area (Å²) in [4.78, 5) is 14.8. The number of pyridine rings is 1. The molecule has 0 bridgehead atoms. The third kappa shape index (κ3) is 4.10. The smallest absolute Gasteiger partial charge is 0.417 e. The first-order valence-electron chi connectivity index (χ1n) is 5.94. The number of esters is 1. The number of aromatic nitrogens is 1. The molecule has 0 radical (unpaired) electrons. The van der Waals surface area contributed by atoms with Crippen LogP contribution in [0.1, 0.15) is 35.7 Å². The molecule has 4 nitrogen and oxygen atoms in total. The summed E-state index contributed by atoms with van der Waals surface area (Å²) in [5.41, 5.74) is 1.08. The van der Waals surface area contributed by atoms with Crippen LogP contribution in [0, 0.1) is 0 Å². The Morgan fingerprint density at radius 3 is 2.48 bits per heavy atom. The molecule has 0 aliphatic carbocycles. The van der Waals surface area contributed by atoms with Gasteiger partial charge in [-0.1, -0.05) is 0 Å². The number of halogens is 5. The molecule has 118 valence electrons. The van der Waals surface area contributed by atoms with Gasteiger partial charge in [0.15, 0.2) is 0 Å². The predicted octanol–water partition coefficient (Wildman–Crippen LogP) is 2.60. The highest BCUT2D eigenvalue weighted by atomic mass is 19.4. The Morgan fingerprint density at radius 1 is 1.43 bits per heavy atom. The normalized spacial score (nSPS) is 11.8. The summed E-state index contributed by atoms with van der Waals surface area (Å²) in [7, 11) is 0. The Morgan fingerprint density at radius 2 is 2.05 bits per heavy atom. The van der Waals surface area contributed by atoms with Crippen molar-refractivity contribution < 1.29 is 31.5 Å². The number of alkyl halides is 5. The van der Waals surface area contributed by atoms with Gasteiger partial charge in [0.1, 0.15) is 0 Å². The molecule has 0 saturated heterocycles. The van der Waals surface area contributed by atoms with Gasteiger partial charge in [0.25, 0.3) is 6.43 Å². The number of carbonyl (C=O) groups is 1. The number of nitrogens with two attached hydrogens (primary N) is 1. The van der Waals surface area contributed by atoms with E-state index >= 15 is 0 Å². The van der Waals surface area contributed by atoms with E-state index in [-0.39, 0.29) is 6.61 Å². The number of rotatable bonds is 5. The topological polar surface area (TPSA) is 65.2 Å². The fourth-order valence-electron chi connectivity index (χ4n) is 1.82. The number of hydrogen-bond acceptors (Lipinski definition) is 4. The molecule has 0 fully saturated rings. The second-order valence-electron chi connectivity index (χ2n) is 4.00. The van der Waals surface area contributed by atoms with Gasteiger partial charge in [-0.25, -0.2) is 8.78 Å². The lowest BCUT2D eigenvalue weighted by Crippen LogP contribution is -2.20. The quantitative estimate of drug-likeness (QED) is 0.670. The lowest BCUT2D eigenvalue weighted by molar-refractivity contribution is -0.143. The maximum Gasteiger partial charge on any atom is 0.417 e. The van der Waals surface area contributed by atoms with Crippen LogP contribution in [0.2, 0.25) is 0 Å². The summed E-state index contributed by atoms with van der Waals surface area (Å²) in [5.74, 6) is -0.930. The van der Waals surface area contributed by atoms with Crippen LogP contribution in [0.4, 0.5) is 22.0 Å². The first-order valence-corrected chi connectivity index (χ1v) is 5.94. The first-order chi connectivity index (χ1) is 9.72. The van der Waals surface area contributed by atoms with Crippen molar-refractivity contribution in [3.05, 3.63) is 28.6 Å². The van der Waals surface area contributed by atoms with Crippen LogP contribution in [0.3, 0.4) is 0 Å². The lowest BCUT2D eigenvalue weighted by Gasteiger charge is -2.18. The second kappa shape index (κ2) is 6.79. The average Bonchev–Trinajstić information content (AvgIpc) is 2.36. The zero-order valence-corrected chi connectivity index (χ0v) is 11.0. The van der Waals surface area contributed by atoms with E-state index in [1.807, 2.05) is 0 Å². The standard InChI is InChI=1S/C12H13F5N2O2/c1-2-21-8(20)3-7-9(11(13)14)10(12(15,16)17)6(4-18)5-19-7/h5,11H,2-4,18H2,1H3. The fourth-order valence-corrected chi connectivity index (χ4v) is 1.82. The van der Waals surface area contributed by atoms with Gasteiger partial charge in [-0.2, -0.15) is 13.2 Å². The van der Waals surface area contributed by atoms with Crippen molar-refractivity contribution in [3.8, 4) is 0 Å². The van der Waals surface area contributed by atoms with E-state index in [2.05, 4.69) is 9.72 Å². The minimum Gasteiger partial charge on any atom is -0.466 e. The number of ether oxygens (including phenoxy) is 1. The SMILES string of the molecule is CCOC(=O)Cc1ncc(CN)c(C(F)(F)F)c1C(F)F. The lowest BCUT2D eigenvalue weighted by atomic mass is 9.99. The molecule has 0 unspecified atom stereocenters. The summed E-state index contributed by atoms with van der Waals surface area (Å²) in [5, 5.41) is 0. The van der Waals surface area contributed by atoms with Gasteiger partial charge in [-0.15, -0.1) is 0 Å². The number of nitrogens with zero attached hydrogens (tertiary/aromatic N) is 1. The van der Waals surface area contributed by atoms with Crippen LogP contribution in [0.15, 0.2) is 6.20 Å². The van der Waals surface area contributed by atoms with Crippen molar-refractivity contribution in [2.45, 2.75) is 32.5 Å². The van der Waals surface area contributed by atoms with Crippen molar-refractivity contribution in [2.24, 2.45) is 5.73 Å². The molecule has 0 atom stereocenters. The largest absolute Gasteiger partial charge is 0.466 e. The summed E-state index contributed by atoms with van der Waals surface area (Å²) in [6, 6.07) is 0. The van der Waals surface area contributed by atoms with Gasteiger partial charge >= 0.3 is 12.1 Å². The molecule has 2 N–H and O–H groups in total. The van der Waals surface area contributed by atoms with E-state index in [0.29, 0.717) is 0 Å². The van der Waals surface area contributed by atoms with Crippen molar-refractivity contribution in [1.29, 1.82) is 0 Å². The molecule has 1 aromatic rings. The van der Waals surface area contributed by atoms with Crippen LogP contribution in [-0.4, -0.2) is 17.6 Å². The summed E-state index contributed by atoms with van der Waals surface area (Å²) in [6.45, 7) is 0.870. The van der Waals surface area contributed by atoms with E-state index in [1.54, 1.807) is 0 Å². The molecule has 1 aromatic heterocycles. The van der Waals surface area contributed by atoms with E-state index in [4.69, 9.17) is 5.73 Å². The van der Waals surface area contributed by atoms with E-state index in [0.717, 1.165) is 6.20 Å². The van der Waals surface area contributed by atoms with Gasteiger partial charge < -0.3 is 10.5 Å². The van der Waals surface area contributed by atoms with Crippen molar-refractivity contribution >= 4 is 5.97 Å². The zero-order valence-electron chi connectivity index (χ0n) is 11.0. The molecule has 0 aromatic carbocycles. The Balaban J connectivity index is 3.43. The molecule has 1 heterocycles. The van der Waals surface area contributed by atoms with Crippen LogP contribution < -0.4 is 5.73 Å². The molecule has 1 rings (SSSR count). The van der Waals surface area contributed by atoms with Crippen molar-refractivity contribution in [2.75, 3.05) is 6.61 Å². The monoisotopic (exact) mass is 312 g/mol. The maximum absolute atomic E-state index is 13.0. The molecule has 0 aliphatic rings. The number of hydrogen-bond donors (Lipinski definition) is 1. The summed E-state index contributed by atoms with van der Waals surface area (Å²) < 4.78 is 69.6. The third-order valence-electron chi connectivity index (χ3n) is 2.62. The Kier molecular flexibility index (Phi) is 5.59. The first kappa shape index (κ1) is 17.3. The molecule has 9 heteroatoms. The second-order valence-corrected chi connectivity index (χ2v) is 4.00. The molecular formula is C12H13F5N2O2. The number of carbonyl (C=O) groups excluding carboxylic acids is 1. The Hall–Kier alpha value is -1.77. The minimum absolute atomic E-state index is 0.0180. The molecule has 0 saturated carbocycles. The predicted molar refractivity (Wildman–Crippen MR) is 62.4 cm³/mol.